The first-order valence-corrected chi connectivity index (χ1v) is 7.20. The molecular formula is C10H13N3O7S. The van der Waals surface area contributed by atoms with Crippen molar-refractivity contribution in [1.29, 1.82) is 0 Å². The second kappa shape index (κ2) is 5.55. The Labute approximate surface area is 120 Å². The molecule has 1 saturated heterocycles. The van der Waals surface area contributed by atoms with Crippen LogP contribution in [0.2, 0.25) is 0 Å². The van der Waals surface area contributed by atoms with Crippen molar-refractivity contribution in [1.82, 2.24) is 9.03 Å². The van der Waals surface area contributed by atoms with E-state index >= 15 is 0 Å². The summed E-state index contributed by atoms with van der Waals surface area (Å²) in [7, 11) is -3.41. The number of aromatic carboxylic acids is 1. The Hall–Kier alpha value is -1.76. The first-order chi connectivity index (χ1) is 9.70. The highest BCUT2D eigenvalue weighted by Gasteiger charge is 2.35. The Kier molecular flexibility index (Phi) is 4.13. The molecule has 0 aliphatic carbocycles. The normalized spacial score (nSPS) is 22.9. The largest absolute Gasteiger partial charge is 0.478 e. The lowest BCUT2D eigenvalue weighted by molar-refractivity contribution is -0.385. The van der Waals surface area contributed by atoms with Crippen LogP contribution >= 0.6 is 11.0 Å². The number of carboxylic acid groups (broad SMARTS) is 1. The Bertz CT molecular complexity index is 594. The van der Waals surface area contributed by atoms with Crippen molar-refractivity contribution in [2.24, 2.45) is 0 Å². The molecule has 1 fully saturated rings. The molecule has 1 heterocycles. The van der Waals surface area contributed by atoms with E-state index in [-0.39, 0.29) is 24.2 Å². The third-order valence-electron chi connectivity index (χ3n) is 2.91. The van der Waals surface area contributed by atoms with E-state index in [1.807, 2.05) is 0 Å². The molecular weight excluding hydrogens is 306 g/mol. The van der Waals surface area contributed by atoms with Crippen LogP contribution in [-0.4, -0.2) is 47.3 Å². The van der Waals surface area contributed by atoms with E-state index in [0.717, 1.165) is 10.4 Å². The van der Waals surface area contributed by atoms with Gasteiger partial charge in [0.2, 0.25) is 0 Å². The summed E-state index contributed by atoms with van der Waals surface area (Å²) in [6.45, 7) is -0.344. The Morgan fingerprint density at radius 1 is 1.52 bits per heavy atom. The molecule has 1 aromatic carbocycles. The van der Waals surface area contributed by atoms with Crippen molar-refractivity contribution < 1.29 is 29.0 Å². The quantitative estimate of drug-likeness (QED) is 0.396. The molecule has 10 nitrogen and oxygen atoms in total. The zero-order chi connectivity index (χ0) is 15.8. The summed E-state index contributed by atoms with van der Waals surface area (Å²) < 4.78 is 22.6. The third kappa shape index (κ3) is 3.29. The number of β-amino-alcohol motifs (C(OH)–C–C–N with tert-alkyl or cyclic N) is 1. The summed E-state index contributed by atoms with van der Waals surface area (Å²) in [5.74, 6) is -1.30. The molecule has 1 aliphatic rings. The lowest BCUT2D eigenvalue weighted by atomic mass is 10.1. The number of nitrogens with zero attached hydrogens (tertiary/aromatic N) is 2. The van der Waals surface area contributed by atoms with Crippen molar-refractivity contribution in [3.8, 4) is 0 Å². The number of carbonyl (C=O) groups is 1. The van der Waals surface area contributed by atoms with Gasteiger partial charge in [-0.15, -0.1) is 0 Å². The number of hydrogen-bond acceptors (Lipinski definition) is 8. The lowest BCUT2D eigenvalue weighted by Gasteiger charge is -2.35. The molecule has 1 aliphatic heterocycles. The monoisotopic (exact) mass is 319 g/mol. The number of aliphatic hydroxyl groups is 1. The van der Waals surface area contributed by atoms with Crippen LogP contribution in [-0.2, 0) is 6.54 Å². The minimum Gasteiger partial charge on any atom is -0.478 e. The van der Waals surface area contributed by atoms with Gasteiger partial charge in [0.05, 0.1) is 23.6 Å². The SMILES string of the molecule is O=C(O)c1ccc(CN2CC(O)NS2(O)O)c([N+](=O)[O-])c1. The van der Waals surface area contributed by atoms with Crippen LogP contribution in [0.1, 0.15) is 15.9 Å². The molecule has 1 unspecified atom stereocenters. The van der Waals surface area contributed by atoms with E-state index < -0.39 is 33.8 Å². The van der Waals surface area contributed by atoms with E-state index in [9.17, 15) is 29.1 Å². The maximum atomic E-state index is 11.0. The van der Waals surface area contributed by atoms with Gasteiger partial charge in [-0.3, -0.25) is 19.2 Å². The fourth-order valence-electron chi connectivity index (χ4n) is 1.94. The van der Waals surface area contributed by atoms with Crippen molar-refractivity contribution in [3.05, 3.63) is 39.4 Å². The van der Waals surface area contributed by atoms with Crippen LogP contribution in [0.15, 0.2) is 18.2 Å². The molecule has 5 N–H and O–H groups in total. The van der Waals surface area contributed by atoms with Crippen molar-refractivity contribution in [2.45, 2.75) is 12.8 Å². The molecule has 116 valence electrons. The lowest BCUT2D eigenvalue weighted by Crippen LogP contribution is -2.26. The predicted octanol–water partition coefficient (Wildman–Crippen LogP) is 0.597. The van der Waals surface area contributed by atoms with Gasteiger partial charge in [0, 0.05) is 11.6 Å². The Morgan fingerprint density at radius 3 is 2.67 bits per heavy atom. The second-order valence-electron chi connectivity index (χ2n) is 4.38. The maximum absolute atomic E-state index is 11.0. The molecule has 21 heavy (non-hydrogen) atoms. The minimum absolute atomic E-state index is 0.112. The molecule has 0 saturated carbocycles. The molecule has 1 atom stereocenters. The van der Waals surface area contributed by atoms with Gasteiger partial charge in [0.15, 0.2) is 0 Å². The number of carboxylic acids is 1. The topological polar surface area (TPSA) is 156 Å². The maximum Gasteiger partial charge on any atom is 0.335 e. The average molecular weight is 319 g/mol. The number of nitrogens with one attached hydrogen (secondary N) is 1. The van der Waals surface area contributed by atoms with Crippen LogP contribution < -0.4 is 4.72 Å². The van der Waals surface area contributed by atoms with Gasteiger partial charge >= 0.3 is 5.97 Å². The summed E-state index contributed by atoms with van der Waals surface area (Å²) >= 11 is 0. The summed E-state index contributed by atoms with van der Waals surface area (Å²) in [6.07, 6.45) is -1.16. The molecule has 0 radical (unpaired) electrons. The van der Waals surface area contributed by atoms with Gasteiger partial charge in [0.25, 0.3) is 5.69 Å². The molecule has 0 amide bonds. The van der Waals surface area contributed by atoms with E-state index in [1.165, 1.54) is 12.1 Å². The summed E-state index contributed by atoms with van der Waals surface area (Å²) in [5.41, 5.74) is -0.566. The van der Waals surface area contributed by atoms with Crippen LogP contribution in [0, 0.1) is 10.1 Å². The van der Waals surface area contributed by atoms with Gasteiger partial charge < -0.3 is 10.2 Å². The smallest absolute Gasteiger partial charge is 0.335 e. The van der Waals surface area contributed by atoms with Gasteiger partial charge in [-0.05, 0) is 12.1 Å². The summed E-state index contributed by atoms with van der Waals surface area (Å²) in [6, 6.07) is 3.33. The highest BCUT2D eigenvalue weighted by molar-refractivity contribution is 8.20. The fourth-order valence-corrected chi connectivity index (χ4v) is 3.19. The van der Waals surface area contributed by atoms with Gasteiger partial charge in [-0.25, -0.2) is 4.79 Å². The van der Waals surface area contributed by atoms with Gasteiger partial charge in [-0.2, -0.15) is 9.03 Å². The van der Waals surface area contributed by atoms with E-state index in [1.54, 1.807) is 0 Å². The number of nitro benzene ring substituents is 1. The molecule has 0 spiro atoms. The van der Waals surface area contributed by atoms with Crippen molar-refractivity contribution >= 4 is 22.6 Å². The van der Waals surface area contributed by atoms with Crippen molar-refractivity contribution in [2.75, 3.05) is 6.54 Å². The highest BCUT2D eigenvalue weighted by atomic mass is 32.3. The first-order valence-electron chi connectivity index (χ1n) is 5.70. The summed E-state index contributed by atoms with van der Waals surface area (Å²) in [4.78, 5) is 21.1. The molecule has 2 rings (SSSR count). The molecule has 1 aromatic rings. The van der Waals surface area contributed by atoms with Crippen LogP contribution in [0.25, 0.3) is 0 Å². The molecule has 11 heteroatoms. The van der Waals surface area contributed by atoms with Crippen LogP contribution in [0.5, 0.6) is 0 Å². The van der Waals surface area contributed by atoms with E-state index in [0.29, 0.717) is 0 Å². The average Bonchev–Trinajstić information content (AvgIpc) is 2.61. The summed E-state index contributed by atoms with van der Waals surface area (Å²) in [5, 5.41) is 29.2. The Morgan fingerprint density at radius 2 is 2.19 bits per heavy atom. The number of aliphatic hydroxyl groups excluding tert-OH is 1. The Balaban J connectivity index is 2.32. The van der Waals surface area contributed by atoms with Crippen LogP contribution in [0.4, 0.5) is 5.69 Å². The minimum atomic E-state index is -3.41. The predicted molar refractivity (Wildman–Crippen MR) is 72.5 cm³/mol. The fraction of sp³-hybridized carbons (Fsp3) is 0.300. The van der Waals surface area contributed by atoms with Gasteiger partial charge in [0.1, 0.15) is 6.23 Å². The molecule has 0 aromatic heterocycles. The van der Waals surface area contributed by atoms with E-state index in [2.05, 4.69) is 4.72 Å². The zero-order valence-corrected chi connectivity index (χ0v) is 11.4. The first kappa shape index (κ1) is 15.6. The van der Waals surface area contributed by atoms with Gasteiger partial charge in [-0.1, -0.05) is 11.0 Å². The second-order valence-corrected chi connectivity index (χ2v) is 6.17. The third-order valence-corrected chi connectivity index (χ3v) is 4.49. The number of hydrogen-bond donors (Lipinski definition) is 5. The van der Waals surface area contributed by atoms with Crippen molar-refractivity contribution in [3.63, 3.8) is 0 Å². The standard InChI is InChI=1S/C10H13N3O7S/c14-9-5-12(21(19,20)11-9)4-7-2-1-6(10(15)16)3-8(7)13(17)18/h1-3,9,11,14,19-20H,4-5H2,(H,15,16). The zero-order valence-electron chi connectivity index (χ0n) is 10.5. The molecule has 0 bridgehead atoms. The number of rotatable bonds is 4. The van der Waals surface area contributed by atoms with E-state index in [4.69, 9.17) is 5.11 Å². The highest BCUT2D eigenvalue weighted by Crippen LogP contribution is 2.45. The number of nitro groups is 1. The number of benzene rings is 1. The van der Waals surface area contributed by atoms with Crippen LogP contribution in [0.3, 0.4) is 0 Å².